The van der Waals surface area contributed by atoms with Crippen molar-refractivity contribution in [3.63, 3.8) is 0 Å². The van der Waals surface area contributed by atoms with Crippen LogP contribution in [0.5, 0.6) is 0 Å². The van der Waals surface area contributed by atoms with Gasteiger partial charge in [-0.05, 0) is 12.8 Å². The van der Waals surface area contributed by atoms with Gasteiger partial charge in [0.05, 0.1) is 32.0 Å². The lowest BCUT2D eigenvalue weighted by Gasteiger charge is -2.46. The summed E-state index contributed by atoms with van der Waals surface area (Å²) in [5, 5.41) is 87.0. The minimum absolute atomic E-state index is 0.202. The van der Waals surface area contributed by atoms with Crippen LogP contribution in [0.25, 0.3) is 0 Å². The second kappa shape index (κ2) is 39.7. The maximum absolute atomic E-state index is 13.2. The summed E-state index contributed by atoms with van der Waals surface area (Å²) in [6.07, 6.45) is 23.8. The van der Waals surface area contributed by atoms with Gasteiger partial charge in [-0.15, -0.1) is 0 Å². The lowest BCUT2D eigenvalue weighted by molar-refractivity contribution is -0.359. The van der Waals surface area contributed by atoms with E-state index in [1.54, 1.807) is 0 Å². The van der Waals surface area contributed by atoms with E-state index in [4.69, 9.17) is 18.9 Å². The summed E-state index contributed by atoms with van der Waals surface area (Å²) in [5.41, 5.74) is 0. The molecule has 0 spiro atoms. The Balaban J connectivity index is 1.79. The van der Waals surface area contributed by atoms with Gasteiger partial charge in [0.25, 0.3) is 0 Å². The Morgan fingerprint density at radius 3 is 1.29 bits per heavy atom. The molecule has 14 heteroatoms. The zero-order chi connectivity index (χ0) is 48.2. The first-order valence-electron chi connectivity index (χ1n) is 27.3. The largest absolute Gasteiger partial charge is 0.394 e. The molecule has 392 valence electrons. The molecule has 2 aliphatic rings. The number of carbonyl (C=O) groups is 1. The van der Waals surface area contributed by atoms with Crippen LogP contribution >= 0.6 is 0 Å². The Labute approximate surface area is 400 Å². The zero-order valence-electron chi connectivity index (χ0n) is 41.7. The van der Waals surface area contributed by atoms with E-state index < -0.39 is 86.8 Å². The molecular weight excluding hydrogens is 847 g/mol. The first-order chi connectivity index (χ1) is 32.1. The van der Waals surface area contributed by atoms with Crippen LogP contribution in [-0.4, -0.2) is 140 Å². The van der Waals surface area contributed by atoms with E-state index in [1.165, 1.54) is 154 Å². The van der Waals surface area contributed by atoms with Crippen molar-refractivity contribution in [3.8, 4) is 0 Å². The molecule has 2 saturated heterocycles. The molecule has 2 fully saturated rings. The first-order valence-corrected chi connectivity index (χ1v) is 27.3. The molecule has 0 aromatic rings. The normalized spacial score (nSPS) is 26.7. The minimum Gasteiger partial charge on any atom is -0.394 e. The highest BCUT2D eigenvalue weighted by atomic mass is 16.7. The van der Waals surface area contributed by atoms with Gasteiger partial charge in [-0.25, -0.2) is 0 Å². The fourth-order valence-electron chi connectivity index (χ4n) is 9.36. The first kappa shape index (κ1) is 61.1. The van der Waals surface area contributed by atoms with E-state index in [9.17, 15) is 45.6 Å². The molecule has 12 atom stereocenters. The molecule has 0 radical (unpaired) electrons. The van der Waals surface area contributed by atoms with Gasteiger partial charge in [0, 0.05) is 6.42 Å². The second-order valence-corrected chi connectivity index (χ2v) is 19.7. The Bertz CT molecular complexity index is 1120. The van der Waals surface area contributed by atoms with E-state index in [1.807, 2.05) is 0 Å². The Hall–Kier alpha value is -1.01. The molecular formula is C52H101NO13. The summed E-state index contributed by atoms with van der Waals surface area (Å²) in [4.78, 5) is 13.2. The number of amides is 1. The van der Waals surface area contributed by atoms with Crippen molar-refractivity contribution in [2.45, 2.75) is 306 Å². The maximum Gasteiger partial charge on any atom is 0.220 e. The minimum atomic E-state index is -1.78. The van der Waals surface area contributed by atoms with Crippen LogP contribution in [0.4, 0.5) is 0 Å². The van der Waals surface area contributed by atoms with E-state index in [0.717, 1.165) is 51.4 Å². The molecule has 1 amide bonds. The fraction of sp³-hybridized carbons (Fsp3) is 0.981. The number of carbonyl (C=O) groups excluding carboxylic acids is 1. The van der Waals surface area contributed by atoms with E-state index in [2.05, 4.69) is 19.2 Å². The van der Waals surface area contributed by atoms with Crippen LogP contribution in [0.1, 0.15) is 232 Å². The van der Waals surface area contributed by atoms with Crippen molar-refractivity contribution in [2.75, 3.05) is 19.8 Å². The van der Waals surface area contributed by atoms with Crippen LogP contribution in [0.3, 0.4) is 0 Å². The SMILES string of the molecule is CCCCCCCCCCCCCCCCCCCCC(=O)NC(COC1OC(CO)C(OC2OC(CO)C(O)C(O)C2O)C(O)C1O)C(O)CCCCCCCCCCCCCCCC. The van der Waals surface area contributed by atoms with Gasteiger partial charge >= 0.3 is 0 Å². The second-order valence-electron chi connectivity index (χ2n) is 19.7. The monoisotopic (exact) mass is 948 g/mol. The topological polar surface area (TPSA) is 228 Å². The maximum atomic E-state index is 13.2. The van der Waals surface area contributed by atoms with Crippen LogP contribution in [0.15, 0.2) is 0 Å². The summed E-state index contributed by atoms with van der Waals surface area (Å²) in [7, 11) is 0. The summed E-state index contributed by atoms with van der Waals surface area (Å²) in [6, 6.07) is -0.821. The molecule has 0 aliphatic carbocycles. The van der Waals surface area contributed by atoms with Gasteiger partial charge in [-0.2, -0.15) is 0 Å². The molecule has 0 aromatic carbocycles. The van der Waals surface area contributed by atoms with E-state index in [0.29, 0.717) is 12.8 Å². The van der Waals surface area contributed by atoms with Gasteiger partial charge < -0.3 is 65.1 Å². The highest BCUT2D eigenvalue weighted by Crippen LogP contribution is 2.30. The molecule has 0 bridgehead atoms. The van der Waals surface area contributed by atoms with Crippen molar-refractivity contribution in [1.29, 1.82) is 0 Å². The van der Waals surface area contributed by atoms with E-state index >= 15 is 0 Å². The van der Waals surface area contributed by atoms with Crippen molar-refractivity contribution >= 4 is 5.91 Å². The summed E-state index contributed by atoms with van der Waals surface area (Å²) >= 11 is 0. The Morgan fingerprint density at radius 2 is 0.864 bits per heavy atom. The number of hydrogen-bond donors (Lipinski definition) is 9. The number of hydrogen-bond acceptors (Lipinski definition) is 13. The fourth-order valence-corrected chi connectivity index (χ4v) is 9.36. The third kappa shape index (κ3) is 26.3. The quantitative estimate of drug-likeness (QED) is 0.0267. The number of rotatable bonds is 43. The Kier molecular flexibility index (Phi) is 36.7. The van der Waals surface area contributed by atoms with E-state index in [-0.39, 0.29) is 12.5 Å². The molecule has 12 unspecified atom stereocenters. The lowest BCUT2D eigenvalue weighted by Crippen LogP contribution is -2.65. The Morgan fingerprint density at radius 1 is 0.485 bits per heavy atom. The number of aliphatic hydroxyl groups excluding tert-OH is 8. The summed E-state index contributed by atoms with van der Waals surface area (Å²) in [5.74, 6) is -0.202. The molecule has 9 N–H and O–H groups in total. The van der Waals surface area contributed by atoms with Gasteiger partial charge in [0.1, 0.15) is 48.8 Å². The zero-order valence-corrected chi connectivity index (χ0v) is 41.7. The molecule has 2 aliphatic heterocycles. The molecule has 14 nitrogen and oxygen atoms in total. The summed E-state index contributed by atoms with van der Waals surface area (Å²) < 4.78 is 22.8. The number of aliphatic hydroxyl groups is 8. The standard InChI is InChI=1S/C52H101NO13/c1-3-5-7-9-11-13-15-17-19-20-21-22-24-26-28-30-32-34-36-44(57)53-40(41(56)35-33-31-29-27-25-23-18-16-14-12-10-8-6-4-2)39-63-51-49(62)47(60)50(43(38-55)65-51)66-52-48(61)46(59)45(58)42(37-54)64-52/h40-43,45-52,54-56,58-62H,3-39H2,1-2H3,(H,53,57). The predicted molar refractivity (Wildman–Crippen MR) is 259 cm³/mol. The van der Waals surface area contributed by atoms with Gasteiger partial charge in [0.2, 0.25) is 5.91 Å². The molecule has 2 heterocycles. The highest BCUT2D eigenvalue weighted by molar-refractivity contribution is 5.76. The van der Waals surface area contributed by atoms with Crippen molar-refractivity contribution in [3.05, 3.63) is 0 Å². The molecule has 66 heavy (non-hydrogen) atoms. The smallest absolute Gasteiger partial charge is 0.220 e. The van der Waals surface area contributed by atoms with Crippen LogP contribution < -0.4 is 5.32 Å². The predicted octanol–water partition coefficient (Wildman–Crippen LogP) is 7.78. The van der Waals surface area contributed by atoms with Gasteiger partial charge in [-0.1, -0.05) is 213 Å². The third-order valence-electron chi connectivity index (χ3n) is 13.8. The molecule has 0 aromatic heterocycles. The van der Waals surface area contributed by atoms with Crippen molar-refractivity contribution < 1.29 is 64.6 Å². The summed E-state index contributed by atoms with van der Waals surface area (Å²) in [6.45, 7) is 2.87. The average molecular weight is 948 g/mol. The van der Waals surface area contributed by atoms with Crippen LogP contribution in [0, 0.1) is 0 Å². The van der Waals surface area contributed by atoms with Gasteiger partial charge in [0.15, 0.2) is 12.6 Å². The van der Waals surface area contributed by atoms with Crippen molar-refractivity contribution in [2.24, 2.45) is 0 Å². The number of unbranched alkanes of at least 4 members (excludes halogenated alkanes) is 30. The molecule has 0 saturated carbocycles. The lowest BCUT2D eigenvalue weighted by atomic mass is 9.97. The van der Waals surface area contributed by atoms with Crippen molar-refractivity contribution in [1.82, 2.24) is 5.32 Å². The number of nitrogens with one attached hydrogen (secondary N) is 1. The number of ether oxygens (including phenoxy) is 4. The average Bonchev–Trinajstić information content (AvgIpc) is 3.31. The highest BCUT2D eigenvalue weighted by Gasteiger charge is 2.51. The van der Waals surface area contributed by atoms with Crippen LogP contribution in [-0.2, 0) is 23.7 Å². The van der Waals surface area contributed by atoms with Gasteiger partial charge in [-0.3, -0.25) is 4.79 Å². The van der Waals surface area contributed by atoms with Crippen LogP contribution in [0.2, 0.25) is 0 Å². The third-order valence-corrected chi connectivity index (χ3v) is 13.8. The molecule has 2 rings (SSSR count).